The molecule has 2 aliphatic rings. The van der Waals surface area contributed by atoms with Gasteiger partial charge in [-0.3, -0.25) is 14.6 Å². The van der Waals surface area contributed by atoms with Gasteiger partial charge in [0.05, 0.1) is 16.3 Å². The van der Waals surface area contributed by atoms with E-state index < -0.39 is 0 Å². The minimum atomic E-state index is -0.110. The Balaban J connectivity index is 1.24. The molecule has 0 spiro atoms. The molecule has 1 unspecified atom stereocenters. The molecule has 7 nitrogen and oxygen atoms in total. The van der Waals surface area contributed by atoms with Gasteiger partial charge in [-0.1, -0.05) is 13.8 Å². The Morgan fingerprint density at radius 1 is 1.23 bits per heavy atom. The summed E-state index contributed by atoms with van der Waals surface area (Å²) in [7, 11) is 0. The molecule has 4 heterocycles. The summed E-state index contributed by atoms with van der Waals surface area (Å²) in [5.74, 6) is -0.157. The topological polar surface area (TPSA) is 91.0 Å². The first-order valence-electron chi connectivity index (χ1n) is 11.9. The molecule has 4 aromatic rings. The Hall–Kier alpha value is -3.52. The summed E-state index contributed by atoms with van der Waals surface area (Å²) in [5.41, 5.74) is 5.52. The average Bonchev–Trinajstić information content (AvgIpc) is 3.55. The lowest BCUT2D eigenvalue weighted by Gasteiger charge is -2.29. The van der Waals surface area contributed by atoms with Crippen LogP contribution in [0.4, 0.5) is 0 Å². The van der Waals surface area contributed by atoms with E-state index in [1.54, 1.807) is 40.8 Å². The summed E-state index contributed by atoms with van der Waals surface area (Å²) in [6.45, 7) is 7.69. The molecule has 35 heavy (non-hydrogen) atoms. The zero-order valence-corrected chi connectivity index (χ0v) is 20.8. The van der Waals surface area contributed by atoms with Crippen LogP contribution in [0.5, 0.6) is 0 Å². The molecule has 2 amide bonds. The van der Waals surface area contributed by atoms with Crippen molar-refractivity contribution < 1.29 is 9.59 Å². The molecule has 0 radical (unpaired) electrons. The predicted octanol–water partition coefficient (Wildman–Crippen LogP) is 4.47. The highest BCUT2D eigenvalue weighted by molar-refractivity contribution is 7.12. The Kier molecular flexibility index (Phi) is 5.03. The zero-order chi connectivity index (χ0) is 24.3. The van der Waals surface area contributed by atoms with Crippen molar-refractivity contribution in [1.82, 2.24) is 25.2 Å². The summed E-state index contributed by atoms with van der Waals surface area (Å²) < 4.78 is 0. The van der Waals surface area contributed by atoms with Crippen LogP contribution in [0.25, 0.3) is 22.3 Å². The molecule has 178 valence electrons. The van der Waals surface area contributed by atoms with Gasteiger partial charge in [0, 0.05) is 52.9 Å². The molecular formula is C27H27N5O2S. The normalized spacial score (nSPS) is 18.4. The maximum Gasteiger partial charge on any atom is 0.255 e. The largest absolute Gasteiger partial charge is 0.353 e. The van der Waals surface area contributed by atoms with Gasteiger partial charge < -0.3 is 15.2 Å². The third-order valence-electron chi connectivity index (χ3n) is 7.10. The number of carbonyl (C=O) groups excluding carboxylic acids is 2. The van der Waals surface area contributed by atoms with Gasteiger partial charge in [-0.25, -0.2) is 4.98 Å². The second kappa shape index (κ2) is 8.02. The molecule has 2 N–H and O–H groups in total. The molecule has 3 aromatic heterocycles. The standard InChI is InChI=1S/C27H27N5O2S/c1-15-29-23-21(35-15)12-27(2,3)22-19-11-16(6-7-20(19)31-24(22)23)25(33)30-18-8-10-32(14-18)26(34)17-5-4-9-28-13-17/h4-7,9,11,13,18,31H,8,10,12,14H2,1-3H3,(H,30,33). The van der Waals surface area contributed by atoms with Gasteiger partial charge in [0.1, 0.15) is 5.69 Å². The Morgan fingerprint density at radius 3 is 2.89 bits per heavy atom. The van der Waals surface area contributed by atoms with Crippen LogP contribution in [0.1, 0.15) is 56.4 Å². The molecule has 0 bridgehead atoms. The number of amides is 2. The first kappa shape index (κ1) is 22.0. The lowest BCUT2D eigenvalue weighted by Crippen LogP contribution is -2.38. The van der Waals surface area contributed by atoms with Crippen LogP contribution < -0.4 is 5.32 Å². The highest BCUT2D eigenvalue weighted by atomic mass is 32.1. The summed E-state index contributed by atoms with van der Waals surface area (Å²) in [5, 5.41) is 5.29. The van der Waals surface area contributed by atoms with Crippen molar-refractivity contribution >= 4 is 34.1 Å². The van der Waals surface area contributed by atoms with Crippen molar-refractivity contribution in [3.05, 3.63) is 69.3 Å². The predicted molar refractivity (Wildman–Crippen MR) is 137 cm³/mol. The van der Waals surface area contributed by atoms with Gasteiger partial charge in [-0.2, -0.15) is 0 Å². The van der Waals surface area contributed by atoms with E-state index in [2.05, 4.69) is 36.1 Å². The lowest BCUT2D eigenvalue weighted by atomic mass is 9.75. The number of nitrogens with one attached hydrogen (secondary N) is 2. The molecule has 1 saturated heterocycles. The smallest absolute Gasteiger partial charge is 0.255 e. The molecule has 1 fully saturated rings. The second-order valence-corrected chi connectivity index (χ2v) is 11.4. The monoisotopic (exact) mass is 485 g/mol. The van der Waals surface area contributed by atoms with Crippen LogP contribution in [-0.4, -0.2) is 50.8 Å². The van der Waals surface area contributed by atoms with Crippen molar-refractivity contribution in [2.24, 2.45) is 0 Å². The van der Waals surface area contributed by atoms with Crippen molar-refractivity contribution in [3.8, 4) is 11.4 Å². The minimum absolute atomic E-state index is 0.0471. The zero-order valence-electron chi connectivity index (χ0n) is 20.0. The number of rotatable bonds is 3. The quantitative estimate of drug-likeness (QED) is 0.448. The number of hydrogen-bond donors (Lipinski definition) is 2. The SMILES string of the molecule is Cc1nc2c(s1)CC(C)(C)c1c-2[nH]c2ccc(C(=O)NC3CCN(C(=O)c4cccnc4)C3)cc12. The highest BCUT2D eigenvalue weighted by Gasteiger charge is 2.36. The van der Waals surface area contributed by atoms with E-state index in [1.807, 2.05) is 18.2 Å². The van der Waals surface area contributed by atoms with Crippen molar-refractivity contribution in [2.75, 3.05) is 13.1 Å². The van der Waals surface area contributed by atoms with E-state index >= 15 is 0 Å². The van der Waals surface area contributed by atoms with Gasteiger partial charge in [0.15, 0.2) is 0 Å². The number of carbonyl (C=O) groups is 2. The van der Waals surface area contributed by atoms with Crippen LogP contribution in [-0.2, 0) is 11.8 Å². The number of aryl methyl sites for hydroxylation is 1. The van der Waals surface area contributed by atoms with Crippen molar-refractivity contribution in [2.45, 2.75) is 45.1 Å². The van der Waals surface area contributed by atoms with Gasteiger partial charge in [0.2, 0.25) is 0 Å². The molecule has 6 rings (SSSR count). The third-order valence-corrected chi connectivity index (χ3v) is 8.07. The minimum Gasteiger partial charge on any atom is -0.353 e. The molecule has 1 atom stereocenters. The summed E-state index contributed by atoms with van der Waals surface area (Å²) in [6.07, 6.45) is 4.91. The Morgan fingerprint density at radius 2 is 2.09 bits per heavy atom. The number of pyridine rings is 1. The van der Waals surface area contributed by atoms with Crippen molar-refractivity contribution in [1.29, 1.82) is 0 Å². The highest BCUT2D eigenvalue weighted by Crippen LogP contribution is 2.47. The fourth-order valence-corrected chi connectivity index (χ4v) is 6.66. The molecule has 1 aliphatic carbocycles. The molecule has 1 aromatic carbocycles. The number of hydrogen-bond acceptors (Lipinski definition) is 5. The van der Waals surface area contributed by atoms with Crippen molar-refractivity contribution in [3.63, 3.8) is 0 Å². The van der Waals surface area contributed by atoms with E-state index in [9.17, 15) is 9.59 Å². The number of H-pyrrole nitrogens is 1. The van der Waals surface area contributed by atoms with Gasteiger partial charge >= 0.3 is 0 Å². The average molecular weight is 486 g/mol. The lowest BCUT2D eigenvalue weighted by molar-refractivity contribution is 0.0782. The Labute approximate surface area is 207 Å². The number of fused-ring (bicyclic) bond motifs is 5. The van der Waals surface area contributed by atoms with E-state index in [1.165, 1.54) is 10.4 Å². The Bertz CT molecular complexity index is 1470. The number of benzene rings is 1. The molecule has 8 heteroatoms. The number of aromatic amines is 1. The maximum atomic E-state index is 13.2. The van der Waals surface area contributed by atoms with E-state index in [0.717, 1.165) is 40.1 Å². The van der Waals surface area contributed by atoms with Gasteiger partial charge in [0.25, 0.3) is 11.8 Å². The number of likely N-dealkylation sites (tertiary alicyclic amines) is 1. The summed E-state index contributed by atoms with van der Waals surface area (Å²) >= 11 is 1.77. The first-order valence-corrected chi connectivity index (χ1v) is 12.7. The number of aromatic nitrogens is 3. The van der Waals surface area contributed by atoms with Gasteiger partial charge in [-0.05, 0) is 61.1 Å². The molecule has 0 saturated carbocycles. The van der Waals surface area contributed by atoms with E-state index in [4.69, 9.17) is 4.98 Å². The van der Waals surface area contributed by atoms with E-state index in [-0.39, 0.29) is 23.3 Å². The first-order chi connectivity index (χ1) is 16.8. The number of thiazole rings is 1. The fourth-order valence-electron chi connectivity index (χ4n) is 5.49. The van der Waals surface area contributed by atoms with Crippen LogP contribution in [0, 0.1) is 6.92 Å². The van der Waals surface area contributed by atoms with Crippen LogP contribution >= 0.6 is 11.3 Å². The third kappa shape index (κ3) is 3.72. The number of nitrogens with zero attached hydrogens (tertiary/aromatic N) is 3. The molecular weight excluding hydrogens is 458 g/mol. The van der Waals surface area contributed by atoms with Crippen LogP contribution in [0.15, 0.2) is 42.7 Å². The molecule has 1 aliphatic heterocycles. The van der Waals surface area contributed by atoms with Crippen LogP contribution in [0.2, 0.25) is 0 Å². The van der Waals surface area contributed by atoms with Gasteiger partial charge in [-0.15, -0.1) is 11.3 Å². The fraction of sp³-hybridized carbons (Fsp3) is 0.333. The van der Waals surface area contributed by atoms with Crippen LogP contribution in [0.3, 0.4) is 0 Å². The maximum absolute atomic E-state index is 13.2. The van der Waals surface area contributed by atoms with E-state index in [0.29, 0.717) is 24.2 Å². The second-order valence-electron chi connectivity index (χ2n) is 10.2. The summed E-state index contributed by atoms with van der Waals surface area (Å²) in [6, 6.07) is 9.31. The summed E-state index contributed by atoms with van der Waals surface area (Å²) in [4.78, 5) is 41.4.